The molecule has 1 aromatic heterocycles. The van der Waals surface area contributed by atoms with E-state index in [0.717, 1.165) is 12.8 Å². The Morgan fingerprint density at radius 1 is 1.44 bits per heavy atom. The zero-order chi connectivity index (χ0) is 13.1. The summed E-state index contributed by atoms with van der Waals surface area (Å²) < 4.78 is 0. The van der Waals surface area contributed by atoms with Crippen molar-refractivity contribution in [3.8, 4) is 0 Å². The highest BCUT2D eigenvalue weighted by Crippen LogP contribution is 2.10. The summed E-state index contributed by atoms with van der Waals surface area (Å²) in [5.41, 5.74) is 5.32. The fourth-order valence-corrected chi connectivity index (χ4v) is 1.97. The van der Waals surface area contributed by atoms with E-state index >= 15 is 0 Å². The van der Waals surface area contributed by atoms with Crippen LogP contribution in [-0.2, 0) is 4.79 Å². The maximum Gasteiger partial charge on any atom is 0.288 e. The van der Waals surface area contributed by atoms with Crippen molar-refractivity contribution in [3.63, 3.8) is 0 Å². The number of piperidine rings is 1. The number of aromatic nitrogens is 3. The molecule has 1 fully saturated rings. The SMILES string of the molecule is CC(=O)N1CCC(NC(=O)c2nc(N)n[nH]2)CC1. The van der Waals surface area contributed by atoms with Gasteiger partial charge in [-0.05, 0) is 12.8 Å². The van der Waals surface area contributed by atoms with Crippen molar-refractivity contribution in [1.82, 2.24) is 25.4 Å². The number of nitrogens with one attached hydrogen (secondary N) is 2. The van der Waals surface area contributed by atoms with Crippen LogP contribution in [0.4, 0.5) is 5.95 Å². The van der Waals surface area contributed by atoms with Crippen LogP contribution in [0.5, 0.6) is 0 Å². The highest BCUT2D eigenvalue weighted by Gasteiger charge is 2.23. The predicted octanol–water partition coefficient (Wildman–Crippen LogP) is -0.872. The molecule has 8 heteroatoms. The van der Waals surface area contributed by atoms with Gasteiger partial charge in [-0.2, -0.15) is 4.98 Å². The lowest BCUT2D eigenvalue weighted by molar-refractivity contribution is -0.129. The van der Waals surface area contributed by atoms with Crippen molar-refractivity contribution in [2.45, 2.75) is 25.8 Å². The fraction of sp³-hybridized carbons (Fsp3) is 0.600. The summed E-state index contributed by atoms with van der Waals surface area (Å²) in [6.45, 7) is 2.88. The first-order valence-electron chi connectivity index (χ1n) is 5.80. The van der Waals surface area contributed by atoms with E-state index in [4.69, 9.17) is 5.73 Å². The molecule has 2 heterocycles. The van der Waals surface area contributed by atoms with Gasteiger partial charge in [0.15, 0.2) is 0 Å². The Hall–Kier alpha value is -2.12. The van der Waals surface area contributed by atoms with Gasteiger partial charge in [-0.15, -0.1) is 5.10 Å². The molecular formula is C10H16N6O2. The van der Waals surface area contributed by atoms with Crippen LogP contribution in [0.15, 0.2) is 0 Å². The molecule has 2 rings (SSSR count). The molecule has 0 bridgehead atoms. The van der Waals surface area contributed by atoms with Crippen molar-refractivity contribution in [2.75, 3.05) is 18.8 Å². The van der Waals surface area contributed by atoms with Crippen LogP contribution >= 0.6 is 0 Å². The van der Waals surface area contributed by atoms with Crippen LogP contribution < -0.4 is 11.1 Å². The molecule has 0 atom stereocenters. The molecular weight excluding hydrogens is 236 g/mol. The monoisotopic (exact) mass is 252 g/mol. The van der Waals surface area contributed by atoms with E-state index in [1.54, 1.807) is 11.8 Å². The van der Waals surface area contributed by atoms with Crippen LogP contribution in [0.2, 0.25) is 0 Å². The van der Waals surface area contributed by atoms with Crippen LogP contribution in [0, 0.1) is 0 Å². The number of nitrogens with zero attached hydrogens (tertiary/aromatic N) is 3. The standard InChI is InChI=1S/C10H16N6O2/c1-6(17)16-4-2-7(3-5-16)12-9(18)8-13-10(11)15-14-8/h7H,2-5H2,1H3,(H,12,18)(H3,11,13,14,15). The summed E-state index contributed by atoms with van der Waals surface area (Å²) in [4.78, 5) is 28.4. The Labute approximate surface area is 104 Å². The third kappa shape index (κ3) is 2.76. The lowest BCUT2D eigenvalue weighted by Crippen LogP contribution is -2.46. The number of amides is 2. The van der Waals surface area contributed by atoms with Crippen molar-refractivity contribution >= 4 is 17.8 Å². The number of rotatable bonds is 2. The van der Waals surface area contributed by atoms with Crippen LogP contribution in [0.1, 0.15) is 30.4 Å². The summed E-state index contributed by atoms with van der Waals surface area (Å²) in [5, 5.41) is 8.89. The molecule has 0 spiro atoms. The van der Waals surface area contributed by atoms with Gasteiger partial charge >= 0.3 is 0 Å². The molecule has 1 saturated heterocycles. The van der Waals surface area contributed by atoms with E-state index in [1.807, 2.05) is 0 Å². The predicted molar refractivity (Wildman–Crippen MR) is 63.5 cm³/mol. The van der Waals surface area contributed by atoms with Gasteiger partial charge in [-0.1, -0.05) is 0 Å². The van der Waals surface area contributed by atoms with E-state index in [1.165, 1.54) is 0 Å². The number of H-pyrrole nitrogens is 1. The third-order valence-corrected chi connectivity index (χ3v) is 2.99. The Balaban J connectivity index is 1.85. The molecule has 18 heavy (non-hydrogen) atoms. The summed E-state index contributed by atoms with van der Waals surface area (Å²) >= 11 is 0. The number of nitrogen functional groups attached to an aromatic ring is 1. The highest BCUT2D eigenvalue weighted by atomic mass is 16.2. The molecule has 0 saturated carbocycles. The molecule has 98 valence electrons. The van der Waals surface area contributed by atoms with Gasteiger partial charge in [0, 0.05) is 26.1 Å². The van der Waals surface area contributed by atoms with Gasteiger partial charge in [0.05, 0.1) is 0 Å². The molecule has 1 aliphatic rings. The van der Waals surface area contributed by atoms with E-state index in [-0.39, 0.29) is 29.6 Å². The maximum absolute atomic E-state index is 11.8. The van der Waals surface area contributed by atoms with Gasteiger partial charge in [0.25, 0.3) is 5.91 Å². The zero-order valence-corrected chi connectivity index (χ0v) is 10.1. The number of hydrogen-bond donors (Lipinski definition) is 3. The Kier molecular flexibility index (Phi) is 3.45. The summed E-state index contributed by atoms with van der Waals surface area (Å²) in [6, 6.07) is 0.0550. The Morgan fingerprint density at radius 2 is 2.11 bits per heavy atom. The number of anilines is 1. The molecule has 0 aliphatic carbocycles. The Bertz CT molecular complexity index is 449. The maximum atomic E-state index is 11.8. The van der Waals surface area contributed by atoms with E-state index in [9.17, 15) is 9.59 Å². The Morgan fingerprint density at radius 3 is 2.61 bits per heavy atom. The molecule has 4 N–H and O–H groups in total. The molecule has 1 aliphatic heterocycles. The van der Waals surface area contributed by atoms with Crippen LogP contribution in [0.3, 0.4) is 0 Å². The summed E-state index contributed by atoms with van der Waals surface area (Å²) in [5.74, 6) is -0.0868. The molecule has 0 unspecified atom stereocenters. The van der Waals surface area contributed by atoms with Crippen molar-refractivity contribution in [3.05, 3.63) is 5.82 Å². The lowest BCUT2D eigenvalue weighted by Gasteiger charge is -2.31. The average molecular weight is 252 g/mol. The van der Waals surface area contributed by atoms with Gasteiger partial charge in [0.2, 0.25) is 17.7 Å². The zero-order valence-electron chi connectivity index (χ0n) is 10.1. The molecule has 0 radical (unpaired) electrons. The molecule has 8 nitrogen and oxygen atoms in total. The van der Waals surface area contributed by atoms with Gasteiger partial charge in [-0.25, -0.2) is 0 Å². The second-order valence-electron chi connectivity index (χ2n) is 4.30. The van der Waals surface area contributed by atoms with Crippen molar-refractivity contribution in [2.24, 2.45) is 0 Å². The highest BCUT2D eigenvalue weighted by molar-refractivity contribution is 5.90. The number of hydrogen-bond acceptors (Lipinski definition) is 5. The number of carbonyl (C=O) groups is 2. The van der Waals surface area contributed by atoms with Crippen LogP contribution in [0.25, 0.3) is 0 Å². The van der Waals surface area contributed by atoms with E-state index in [0.29, 0.717) is 13.1 Å². The van der Waals surface area contributed by atoms with Crippen molar-refractivity contribution in [1.29, 1.82) is 0 Å². The molecule has 1 aromatic rings. The lowest BCUT2D eigenvalue weighted by atomic mass is 10.1. The minimum absolute atomic E-state index is 0.0477. The number of nitrogens with two attached hydrogens (primary N) is 1. The number of carbonyl (C=O) groups excluding carboxylic acids is 2. The average Bonchev–Trinajstić information content (AvgIpc) is 2.76. The van der Waals surface area contributed by atoms with E-state index < -0.39 is 0 Å². The normalized spacial score (nSPS) is 16.6. The number of likely N-dealkylation sites (tertiary alicyclic amines) is 1. The quantitative estimate of drug-likeness (QED) is 0.632. The number of aromatic amines is 1. The van der Waals surface area contributed by atoms with Crippen LogP contribution in [-0.4, -0.2) is 51.0 Å². The first-order valence-corrected chi connectivity index (χ1v) is 5.80. The second-order valence-corrected chi connectivity index (χ2v) is 4.30. The van der Waals surface area contributed by atoms with Gasteiger partial charge < -0.3 is 16.0 Å². The van der Waals surface area contributed by atoms with E-state index in [2.05, 4.69) is 20.5 Å². The van der Waals surface area contributed by atoms with Gasteiger partial charge in [0.1, 0.15) is 0 Å². The molecule has 2 amide bonds. The summed E-state index contributed by atoms with van der Waals surface area (Å²) in [6.07, 6.45) is 1.49. The first kappa shape index (κ1) is 12.3. The largest absolute Gasteiger partial charge is 0.366 e. The minimum atomic E-state index is -0.319. The fourth-order valence-electron chi connectivity index (χ4n) is 1.97. The third-order valence-electron chi connectivity index (χ3n) is 2.99. The molecule has 0 aromatic carbocycles. The minimum Gasteiger partial charge on any atom is -0.366 e. The van der Waals surface area contributed by atoms with Crippen molar-refractivity contribution < 1.29 is 9.59 Å². The topological polar surface area (TPSA) is 117 Å². The first-order chi connectivity index (χ1) is 8.56. The second kappa shape index (κ2) is 5.03. The van der Waals surface area contributed by atoms with Gasteiger partial charge in [-0.3, -0.25) is 14.7 Å². The smallest absolute Gasteiger partial charge is 0.288 e. The summed E-state index contributed by atoms with van der Waals surface area (Å²) in [7, 11) is 0.